The van der Waals surface area contributed by atoms with Crippen LogP contribution >= 0.6 is 0 Å². The Morgan fingerprint density at radius 3 is 2.75 bits per heavy atom. The number of hydrogen-bond acceptors (Lipinski definition) is 2. The number of rotatable bonds is 3. The van der Waals surface area contributed by atoms with E-state index in [2.05, 4.69) is 29.6 Å². The number of nitrogens with zero attached hydrogens (tertiary/aromatic N) is 1. The van der Waals surface area contributed by atoms with E-state index >= 15 is 0 Å². The molecule has 1 aliphatic rings. The number of nitrogens with one attached hydrogen (secondary N) is 1. The molecule has 1 N–H and O–H groups in total. The molecule has 0 amide bonds. The molecule has 2 aromatic rings. The third kappa shape index (κ3) is 2.48. The SMILES string of the molecule is CN(CC1CCNc2ccccc21)c1ccccc1F. The molecule has 0 bridgehead atoms. The smallest absolute Gasteiger partial charge is 0.146 e. The summed E-state index contributed by atoms with van der Waals surface area (Å²) in [7, 11) is 1.96. The molecule has 0 aromatic heterocycles. The summed E-state index contributed by atoms with van der Waals surface area (Å²) in [6, 6.07) is 15.4. The molecule has 0 fully saturated rings. The minimum absolute atomic E-state index is 0.155. The number of benzene rings is 2. The molecule has 3 heteroatoms. The molecule has 104 valence electrons. The second kappa shape index (κ2) is 5.53. The quantitative estimate of drug-likeness (QED) is 0.911. The van der Waals surface area contributed by atoms with Crippen LogP contribution in [0.15, 0.2) is 48.5 Å². The van der Waals surface area contributed by atoms with Gasteiger partial charge in [-0.1, -0.05) is 30.3 Å². The van der Waals surface area contributed by atoms with Crippen molar-refractivity contribution < 1.29 is 4.39 Å². The Hall–Kier alpha value is -2.03. The van der Waals surface area contributed by atoms with E-state index in [0.717, 1.165) is 19.5 Å². The minimum atomic E-state index is -0.155. The molecule has 0 radical (unpaired) electrons. The number of hydrogen-bond donors (Lipinski definition) is 1. The molecular weight excluding hydrogens is 251 g/mol. The maximum atomic E-state index is 13.8. The van der Waals surface area contributed by atoms with Crippen LogP contribution < -0.4 is 10.2 Å². The predicted octanol–water partition coefficient (Wildman–Crippen LogP) is 3.86. The zero-order chi connectivity index (χ0) is 13.9. The first-order valence-electron chi connectivity index (χ1n) is 7.04. The first-order chi connectivity index (χ1) is 9.75. The largest absolute Gasteiger partial charge is 0.385 e. The first kappa shape index (κ1) is 13.0. The van der Waals surface area contributed by atoms with E-state index < -0.39 is 0 Å². The van der Waals surface area contributed by atoms with Crippen LogP contribution in [0.1, 0.15) is 17.9 Å². The Labute approximate surface area is 119 Å². The summed E-state index contributed by atoms with van der Waals surface area (Å²) in [4.78, 5) is 2.02. The number of para-hydroxylation sites is 2. The summed E-state index contributed by atoms with van der Waals surface area (Å²) < 4.78 is 13.8. The van der Waals surface area contributed by atoms with Gasteiger partial charge < -0.3 is 10.2 Å². The van der Waals surface area contributed by atoms with Gasteiger partial charge in [0.1, 0.15) is 5.82 Å². The van der Waals surface area contributed by atoms with Gasteiger partial charge in [-0.3, -0.25) is 0 Å². The molecule has 2 nitrogen and oxygen atoms in total. The average Bonchev–Trinajstić information content (AvgIpc) is 2.48. The summed E-state index contributed by atoms with van der Waals surface area (Å²) >= 11 is 0. The van der Waals surface area contributed by atoms with E-state index in [0.29, 0.717) is 11.6 Å². The average molecular weight is 270 g/mol. The Bertz CT molecular complexity index is 597. The summed E-state index contributed by atoms with van der Waals surface area (Å²) in [5.74, 6) is 0.286. The van der Waals surface area contributed by atoms with Crippen LogP contribution in [-0.4, -0.2) is 20.1 Å². The van der Waals surface area contributed by atoms with Gasteiger partial charge in [0.25, 0.3) is 0 Å². The molecule has 0 saturated carbocycles. The van der Waals surface area contributed by atoms with Crippen molar-refractivity contribution in [3.05, 3.63) is 59.9 Å². The standard InChI is InChI=1S/C17H19FN2/c1-20(17-9-5-3-7-15(17)18)12-13-10-11-19-16-8-4-2-6-14(13)16/h2-9,13,19H,10-12H2,1H3. The Morgan fingerprint density at radius 1 is 1.15 bits per heavy atom. The lowest BCUT2D eigenvalue weighted by atomic mass is 9.90. The van der Waals surface area contributed by atoms with Crippen molar-refractivity contribution in [1.29, 1.82) is 0 Å². The fourth-order valence-electron chi connectivity index (χ4n) is 2.93. The number of fused-ring (bicyclic) bond motifs is 1. The summed E-state index contributed by atoms with van der Waals surface area (Å²) in [5, 5.41) is 3.42. The van der Waals surface area contributed by atoms with Gasteiger partial charge >= 0.3 is 0 Å². The van der Waals surface area contributed by atoms with E-state index in [1.165, 1.54) is 17.3 Å². The molecule has 20 heavy (non-hydrogen) atoms. The first-order valence-corrected chi connectivity index (χ1v) is 7.04. The lowest BCUT2D eigenvalue weighted by Crippen LogP contribution is -2.29. The van der Waals surface area contributed by atoms with E-state index in [-0.39, 0.29) is 5.82 Å². The van der Waals surface area contributed by atoms with Crippen molar-refractivity contribution in [3.63, 3.8) is 0 Å². The van der Waals surface area contributed by atoms with Crippen LogP contribution in [0.3, 0.4) is 0 Å². The minimum Gasteiger partial charge on any atom is -0.385 e. The second-order valence-electron chi connectivity index (χ2n) is 5.33. The fourth-order valence-corrected chi connectivity index (χ4v) is 2.93. The Kier molecular flexibility index (Phi) is 3.59. The lowest BCUT2D eigenvalue weighted by Gasteiger charge is -2.31. The Balaban J connectivity index is 1.81. The highest BCUT2D eigenvalue weighted by Gasteiger charge is 2.21. The van der Waals surface area contributed by atoms with Gasteiger partial charge in [0.05, 0.1) is 5.69 Å². The second-order valence-corrected chi connectivity index (χ2v) is 5.33. The van der Waals surface area contributed by atoms with Crippen molar-refractivity contribution in [2.75, 3.05) is 30.4 Å². The number of anilines is 2. The highest BCUT2D eigenvalue weighted by molar-refractivity contribution is 5.56. The summed E-state index contributed by atoms with van der Waals surface area (Å²) in [5.41, 5.74) is 3.22. The van der Waals surface area contributed by atoms with Crippen LogP contribution in [-0.2, 0) is 0 Å². The fraction of sp³-hybridized carbons (Fsp3) is 0.294. The van der Waals surface area contributed by atoms with E-state index in [4.69, 9.17) is 0 Å². The molecule has 0 aliphatic carbocycles. The van der Waals surface area contributed by atoms with Crippen LogP contribution in [0.4, 0.5) is 15.8 Å². The van der Waals surface area contributed by atoms with Crippen LogP contribution in [0, 0.1) is 5.82 Å². The predicted molar refractivity (Wildman–Crippen MR) is 82.0 cm³/mol. The molecule has 3 rings (SSSR count). The van der Waals surface area contributed by atoms with Gasteiger partial charge in [-0.15, -0.1) is 0 Å². The van der Waals surface area contributed by atoms with Gasteiger partial charge in [0.15, 0.2) is 0 Å². The van der Waals surface area contributed by atoms with Gasteiger partial charge in [0, 0.05) is 31.7 Å². The Morgan fingerprint density at radius 2 is 1.90 bits per heavy atom. The van der Waals surface area contributed by atoms with Crippen molar-refractivity contribution in [2.24, 2.45) is 0 Å². The molecule has 2 aromatic carbocycles. The normalized spacial score (nSPS) is 17.2. The van der Waals surface area contributed by atoms with Crippen molar-refractivity contribution in [1.82, 2.24) is 0 Å². The highest BCUT2D eigenvalue weighted by Crippen LogP contribution is 2.32. The third-order valence-electron chi connectivity index (χ3n) is 3.97. The van der Waals surface area contributed by atoms with Crippen LogP contribution in [0.25, 0.3) is 0 Å². The van der Waals surface area contributed by atoms with Crippen LogP contribution in [0.2, 0.25) is 0 Å². The molecular formula is C17H19FN2. The monoisotopic (exact) mass is 270 g/mol. The van der Waals surface area contributed by atoms with Crippen molar-refractivity contribution in [3.8, 4) is 0 Å². The van der Waals surface area contributed by atoms with Gasteiger partial charge in [0.2, 0.25) is 0 Å². The van der Waals surface area contributed by atoms with E-state index in [9.17, 15) is 4.39 Å². The zero-order valence-electron chi connectivity index (χ0n) is 11.6. The molecule has 1 aliphatic heterocycles. The molecule has 0 spiro atoms. The van der Waals surface area contributed by atoms with Gasteiger partial charge in [-0.25, -0.2) is 4.39 Å². The zero-order valence-corrected chi connectivity index (χ0v) is 11.6. The maximum Gasteiger partial charge on any atom is 0.146 e. The molecule has 0 saturated heterocycles. The van der Waals surface area contributed by atoms with E-state index in [1.807, 2.05) is 24.1 Å². The topological polar surface area (TPSA) is 15.3 Å². The molecule has 1 atom stereocenters. The highest BCUT2D eigenvalue weighted by atomic mass is 19.1. The maximum absolute atomic E-state index is 13.8. The van der Waals surface area contributed by atoms with Crippen molar-refractivity contribution >= 4 is 11.4 Å². The number of halogens is 1. The summed E-state index contributed by atoms with van der Waals surface area (Å²) in [6.45, 7) is 1.81. The third-order valence-corrected chi connectivity index (χ3v) is 3.97. The van der Waals surface area contributed by atoms with Gasteiger partial charge in [-0.2, -0.15) is 0 Å². The molecule has 1 unspecified atom stereocenters. The lowest BCUT2D eigenvalue weighted by molar-refractivity contribution is 0.594. The molecule has 1 heterocycles. The summed E-state index contributed by atoms with van der Waals surface area (Å²) in [6.07, 6.45) is 1.08. The van der Waals surface area contributed by atoms with Gasteiger partial charge in [-0.05, 0) is 30.2 Å². The van der Waals surface area contributed by atoms with Crippen molar-refractivity contribution in [2.45, 2.75) is 12.3 Å². The van der Waals surface area contributed by atoms with Crippen LogP contribution in [0.5, 0.6) is 0 Å². The number of likely N-dealkylation sites (N-methyl/N-ethyl adjacent to an activating group) is 1. The van der Waals surface area contributed by atoms with E-state index in [1.54, 1.807) is 6.07 Å².